The maximum atomic E-state index is 14.0. The van der Waals surface area contributed by atoms with Crippen LogP contribution in [0.25, 0.3) is 11.0 Å². The highest BCUT2D eigenvalue weighted by Gasteiger charge is 2.17. The molecule has 7 nitrogen and oxygen atoms in total. The minimum atomic E-state index is -1.12. The minimum absolute atomic E-state index is 0.0563. The van der Waals surface area contributed by atoms with Crippen molar-refractivity contribution in [1.82, 2.24) is 14.8 Å². The number of halogens is 1. The molecule has 0 radical (unpaired) electrons. The molecule has 0 spiro atoms. The van der Waals surface area contributed by atoms with Crippen molar-refractivity contribution in [2.75, 3.05) is 5.32 Å². The van der Waals surface area contributed by atoms with Crippen molar-refractivity contribution in [3.05, 3.63) is 53.1 Å². The van der Waals surface area contributed by atoms with Crippen molar-refractivity contribution >= 4 is 28.6 Å². The first-order chi connectivity index (χ1) is 12.8. The average molecular weight is 370 g/mol. The summed E-state index contributed by atoms with van der Waals surface area (Å²) >= 11 is 0. The molecular weight excluding hydrogens is 351 g/mol. The summed E-state index contributed by atoms with van der Waals surface area (Å²) in [4.78, 5) is 27.9. The van der Waals surface area contributed by atoms with Gasteiger partial charge in [-0.25, -0.2) is 14.1 Å². The van der Waals surface area contributed by atoms with E-state index in [1.807, 2.05) is 13.8 Å². The largest absolute Gasteiger partial charge is 0.481 e. The molecule has 2 N–H and O–H groups in total. The van der Waals surface area contributed by atoms with E-state index in [1.54, 1.807) is 23.9 Å². The molecule has 3 aromatic rings. The molecule has 3 rings (SSSR count). The van der Waals surface area contributed by atoms with Gasteiger partial charge in [0.05, 0.1) is 23.6 Å². The summed E-state index contributed by atoms with van der Waals surface area (Å²) in [5.41, 5.74) is 1.96. The predicted octanol–water partition coefficient (Wildman–Crippen LogP) is 3.34. The smallest absolute Gasteiger partial charge is 0.307 e. The molecule has 0 bridgehead atoms. The lowest BCUT2D eigenvalue weighted by atomic mass is 10.1. The van der Waals surface area contributed by atoms with E-state index >= 15 is 0 Å². The third-order valence-corrected chi connectivity index (χ3v) is 4.08. The van der Waals surface area contributed by atoms with Crippen LogP contribution in [0.4, 0.5) is 10.1 Å². The Morgan fingerprint density at radius 2 is 2.04 bits per heavy atom. The topological polar surface area (TPSA) is 97.1 Å². The molecule has 0 atom stereocenters. The number of anilines is 1. The molecule has 2 aromatic heterocycles. The summed E-state index contributed by atoms with van der Waals surface area (Å²) in [6, 6.07) is 5.67. The second-order valence-corrected chi connectivity index (χ2v) is 6.56. The van der Waals surface area contributed by atoms with Crippen LogP contribution in [0.15, 0.2) is 30.5 Å². The molecule has 140 valence electrons. The molecular formula is C19H19FN4O3. The lowest BCUT2D eigenvalue weighted by Gasteiger charge is -2.10. The molecule has 0 unspecified atom stereocenters. The van der Waals surface area contributed by atoms with E-state index in [2.05, 4.69) is 15.4 Å². The standard InChI is InChI=1S/C19H19FN4O3/c1-10(2)24-18-15(9-21-24)14(6-11(3)22-18)19(27)23-13-5-4-12(7-17(25)26)16(20)8-13/h4-6,8-10H,7H2,1-3H3,(H,23,27)(H,25,26). The van der Waals surface area contributed by atoms with E-state index in [0.717, 1.165) is 6.07 Å². The number of carboxylic acids is 1. The number of nitrogens with zero attached hydrogens (tertiary/aromatic N) is 3. The van der Waals surface area contributed by atoms with Gasteiger partial charge in [-0.1, -0.05) is 6.07 Å². The molecule has 27 heavy (non-hydrogen) atoms. The number of carboxylic acid groups (broad SMARTS) is 1. The second-order valence-electron chi connectivity index (χ2n) is 6.56. The molecule has 0 aliphatic heterocycles. The van der Waals surface area contributed by atoms with Gasteiger partial charge in [-0.05, 0) is 44.5 Å². The predicted molar refractivity (Wildman–Crippen MR) is 98.3 cm³/mol. The summed E-state index contributed by atoms with van der Waals surface area (Å²) in [6.07, 6.45) is 1.17. The van der Waals surface area contributed by atoms with Gasteiger partial charge in [0, 0.05) is 17.4 Å². The Balaban J connectivity index is 1.93. The Morgan fingerprint density at radius 1 is 1.30 bits per heavy atom. The zero-order valence-corrected chi connectivity index (χ0v) is 15.2. The molecule has 0 saturated carbocycles. The number of hydrogen-bond acceptors (Lipinski definition) is 4. The van der Waals surface area contributed by atoms with E-state index in [-0.39, 0.29) is 17.3 Å². The molecule has 0 saturated heterocycles. The molecule has 2 heterocycles. The third kappa shape index (κ3) is 3.79. The van der Waals surface area contributed by atoms with Gasteiger partial charge in [-0.3, -0.25) is 9.59 Å². The number of pyridine rings is 1. The minimum Gasteiger partial charge on any atom is -0.481 e. The number of amides is 1. The van der Waals surface area contributed by atoms with Crippen molar-refractivity contribution in [2.45, 2.75) is 33.2 Å². The monoisotopic (exact) mass is 370 g/mol. The van der Waals surface area contributed by atoms with Crippen LogP contribution in [0.5, 0.6) is 0 Å². The summed E-state index contributed by atoms with van der Waals surface area (Å²) in [5, 5.41) is 16.3. The Labute approximate surface area is 154 Å². The fourth-order valence-electron chi connectivity index (χ4n) is 2.84. The number of fused-ring (bicyclic) bond motifs is 1. The van der Waals surface area contributed by atoms with Gasteiger partial charge in [0.25, 0.3) is 5.91 Å². The molecule has 8 heteroatoms. The number of aromatic nitrogens is 3. The van der Waals surface area contributed by atoms with E-state index in [9.17, 15) is 14.0 Å². The Hall–Kier alpha value is -3.29. The van der Waals surface area contributed by atoms with Crippen LogP contribution >= 0.6 is 0 Å². The van der Waals surface area contributed by atoms with Crippen molar-refractivity contribution < 1.29 is 19.1 Å². The first-order valence-electron chi connectivity index (χ1n) is 8.42. The van der Waals surface area contributed by atoms with Crippen LogP contribution in [-0.2, 0) is 11.2 Å². The molecule has 1 aromatic carbocycles. The second kappa shape index (κ2) is 7.14. The van der Waals surface area contributed by atoms with Gasteiger partial charge in [0.1, 0.15) is 5.82 Å². The van der Waals surface area contributed by atoms with Crippen LogP contribution in [0, 0.1) is 12.7 Å². The quantitative estimate of drug-likeness (QED) is 0.718. The normalized spacial score (nSPS) is 11.1. The fraction of sp³-hybridized carbons (Fsp3) is 0.263. The number of hydrogen-bond donors (Lipinski definition) is 2. The van der Waals surface area contributed by atoms with Crippen molar-refractivity contribution in [2.24, 2.45) is 0 Å². The Morgan fingerprint density at radius 3 is 2.67 bits per heavy atom. The molecule has 0 fully saturated rings. The fourth-order valence-corrected chi connectivity index (χ4v) is 2.84. The maximum Gasteiger partial charge on any atom is 0.307 e. The van der Waals surface area contributed by atoms with Crippen molar-refractivity contribution in [3.63, 3.8) is 0 Å². The first-order valence-corrected chi connectivity index (χ1v) is 8.42. The lowest BCUT2D eigenvalue weighted by Crippen LogP contribution is -2.14. The highest BCUT2D eigenvalue weighted by molar-refractivity contribution is 6.12. The Kier molecular flexibility index (Phi) is 4.89. The van der Waals surface area contributed by atoms with Gasteiger partial charge < -0.3 is 10.4 Å². The van der Waals surface area contributed by atoms with Crippen LogP contribution in [0.1, 0.15) is 41.5 Å². The molecule has 0 aliphatic carbocycles. The SMILES string of the molecule is Cc1cc(C(=O)Nc2ccc(CC(=O)O)c(F)c2)c2cnn(C(C)C)c2n1. The molecule has 1 amide bonds. The summed E-state index contributed by atoms with van der Waals surface area (Å²) in [6.45, 7) is 5.73. The zero-order chi connectivity index (χ0) is 19.7. The van der Waals surface area contributed by atoms with E-state index in [1.165, 1.54) is 12.1 Å². The molecule has 0 aliphatic rings. The number of carbonyl (C=O) groups is 2. The van der Waals surface area contributed by atoms with Crippen molar-refractivity contribution in [1.29, 1.82) is 0 Å². The number of carbonyl (C=O) groups excluding carboxylic acids is 1. The highest BCUT2D eigenvalue weighted by atomic mass is 19.1. The van der Waals surface area contributed by atoms with Crippen LogP contribution < -0.4 is 5.32 Å². The lowest BCUT2D eigenvalue weighted by molar-refractivity contribution is -0.136. The van der Waals surface area contributed by atoms with Crippen LogP contribution in [0.3, 0.4) is 0 Å². The summed E-state index contributed by atoms with van der Waals surface area (Å²) in [5.74, 6) is -2.22. The summed E-state index contributed by atoms with van der Waals surface area (Å²) < 4.78 is 15.8. The van der Waals surface area contributed by atoms with E-state index < -0.39 is 24.1 Å². The number of nitrogens with one attached hydrogen (secondary N) is 1. The van der Waals surface area contributed by atoms with E-state index in [4.69, 9.17) is 5.11 Å². The maximum absolute atomic E-state index is 14.0. The number of benzene rings is 1. The van der Waals surface area contributed by atoms with Gasteiger partial charge in [0.15, 0.2) is 5.65 Å². The van der Waals surface area contributed by atoms with Gasteiger partial charge in [0.2, 0.25) is 0 Å². The van der Waals surface area contributed by atoms with Gasteiger partial charge >= 0.3 is 5.97 Å². The van der Waals surface area contributed by atoms with Gasteiger partial charge in [-0.15, -0.1) is 0 Å². The average Bonchev–Trinajstić information content (AvgIpc) is 3.00. The van der Waals surface area contributed by atoms with Crippen LogP contribution in [0.2, 0.25) is 0 Å². The summed E-state index contributed by atoms with van der Waals surface area (Å²) in [7, 11) is 0. The van der Waals surface area contributed by atoms with Crippen molar-refractivity contribution in [3.8, 4) is 0 Å². The number of aryl methyl sites for hydroxylation is 1. The number of rotatable bonds is 5. The number of aliphatic carboxylic acids is 1. The van der Waals surface area contributed by atoms with Crippen LogP contribution in [-0.4, -0.2) is 31.7 Å². The van der Waals surface area contributed by atoms with E-state index in [0.29, 0.717) is 22.3 Å². The zero-order valence-electron chi connectivity index (χ0n) is 15.2. The first kappa shape index (κ1) is 18.5. The Bertz CT molecular complexity index is 1040. The highest BCUT2D eigenvalue weighted by Crippen LogP contribution is 2.23. The van der Waals surface area contributed by atoms with Gasteiger partial charge in [-0.2, -0.15) is 5.10 Å². The third-order valence-electron chi connectivity index (χ3n) is 4.08.